The van der Waals surface area contributed by atoms with Gasteiger partial charge in [0.25, 0.3) is 0 Å². The van der Waals surface area contributed by atoms with Crippen molar-refractivity contribution in [3.8, 4) is 6.07 Å². The van der Waals surface area contributed by atoms with Crippen LogP contribution in [0.15, 0.2) is 36.7 Å². The zero-order valence-electron chi connectivity index (χ0n) is 9.42. The number of hydrogen-bond acceptors (Lipinski definition) is 3. The van der Waals surface area contributed by atoms with Crippen LogP contribution in [0.2, 0.25) is 0 Å². The molecule has 0 aromatic carbocycles. The van der Waals surface area contributed by atoms with Crippen LogP contribution in [0, 0.1) is 11.3 Å². The van der Waals surface area contributed by atoms with E-state index in [1.807, 2.05) is 29.0 Å². The second-order valence-electron chi connectivity index (χ2n) is 3.70. The summed E-state index contributed by atoms with van der Waals surface area (Å²) < 4.78 is 1.82. The molecule has 2 heterocycles. The van der Waals surface area contributed by atoms with Gasteiger partial charge in [0, 0.05) is 24.9 Å². The molecule has 2 aromatic heterocycles. The quantitative estimate of drug-likeness (QED) is 0.751. The Kier molecular flexibility index (Phi) is 3.01. The predicted molar refractivity (Wildman–Crippen MR) is 62.5 cm³/mol. The summed E-state index contributed by atoms with van der Waals surface area (Å²) in [7, 11) is 0. The Balaban J connectivity index is 2.35. The smallest absolute Gasteiger partial charge is 0.176 e. The van der Waals surface area contributed by atoms with Crippen LogP contribution in [-0.2, 0) is 6.54 Å². The first kappa shape index (κ1) is 11.1. The Morgan fingerprint density at radius 2 is 2.29 bits per heavy atom. The number of ketones is 1. The first-order chi connectivity index (χ1) is 8.22. The summed E-state index contributed by atoms with van der Waals surface area (Å²) in [5.41, 5.74) is 1.85. The molecule has 0 saturated carbocycles. The fraction of sp³-hybridized carbons (Fsp3) is 0.154. The van der Waals surface area contributed by atoms with Crippen molar-refractivity contribution in [1.82, 2.24) is 9.55 Å². The van der Waals surface area contributed by atoms with Crippen LogP contribution in [0.25, 0.3) is 0 Å². The van der Waals surface area contributed by atoms with Gasteiger partial charge in [-0.1, -0.05) is 6.07 Å². The van der Waals surface area contributed by atoms with E-state index in [9.17, 15) is 4.79 Å². The van der Waals surface area contributed by atoms with E-state index in [2.05, 4.69) is 4.98 Å². The highest BCUT2D eigenvalue weighted by molar-refractivity contribution is 5.92. The second-order valence-corrected chi connectivity index (χ2v) is 3.70. The summed E-state index contributed by atoms with van der Waals surface area (Å²) >= 11 is 0. The number of nitriles is 1. The van der Waals surface area contributed by atoms with Crippen molar-refractivity contribution in [2.75, 3.05) is 0 Å². The van der Waals surface area contributed by atoms with Crippen molar-refractivity contribution < 1.29 is 4.79 Å². The van der Waals surface area contributed by atoms with Gasteiger partial charge in [-0.2, -0.15) is 5.26 Å². The molecule has 4 heteroatoms. The molecule has 0 aliphatic heterocycles. The average Bonchev–Trinajstić information content (AvgIpc) is 2.78. The third kappa shape index (κ3) is 2.23. The topological polar surface area (TPSA) is 58.7 Å². The van der Waals surface area contributed by atoms with Crippen LogP contribution in [0.5, 0.6) is 0 Å². The average molecular weight is 225 g/mol. The van der Waals surface area contributed by atoms with Gasteiger partial charge in [-0.25, -0.2) is 4.98 Å². The first-order valence-electron chi connectivity index (χ1n) is 5.22. The minimum atomic E-state index is 0.0115. The molecule has 0 fully saturated rings. The van der Waals surface area contributed by atoms with Crippen molar-refractivity contribution >= 4 is 5.78 Å². The maximum Gasteiger partial charge on any atom is 0.176 e. The fourth-order valence-corrected chi connectivity index (χ4v) is 1.72. The summed E-state index contributed by atoms with van der Waals surface area (Å²) in [6.07, 6.45) is 3.41. The van der Waals surface area contributed by atoms with E-state index >= 15 is 0 Å². The Bertz CT molecular complexity index is 593. The van der Waals surface area contributed by atoms with Gasteiger partial charge in [0.1, 0.15) is 11.8 Å². The van der Waals surface area contributed by atoms with Crippen LogP contribution in [0.1, 0.15) is 28.7 Å². The van der Waals surface area contributed by atoms with Crippen molar-refractivity contribution in [2.45, 2.75) is 13.5 Å². The number of pyridine rings is 1. The maximum atomic E-state index is 11.4. The third-order valence-corrected chi connectivity index (χ3v) is 2.53. The fourth-order valence-electron chi connectivity index (χ4n) is 1.72. The maximum absolute atomic E-state index is 11.4. The number of carbonyl (C=O) groups excluding carboxylic acids is 1. The number of carbonyl (C=O) groups is 1. The zero-order valence-corrected chi connectivity index (χ0v) is 9.42. The van der Waals surface area contributed by atoms with Gasteiger partial charge in [-0.05, 0) is 18.2 Å². The summed E-state index contributed by atoms with van der Waals surface area (Å²) in [5, 5.41) is 8.94. The van der Waals surface area contributed by atoms with E-state index in [1.165, 1.54) is 6.92 Å². The Morgan fingerprint density at radius 3 is 3.00 bits per heavy atom. The molecule has 2 rings (SSSR count). The molecule has 4 nitrogen and oxygen atoms in total. The molecule has 0 unspecified atom stereocenters. The first-order valence-corrected chi connectivity index (χ1v) is 5.22. The number of nitrogens with zero attached hydrogens (tertiary/aromatic N) is 3. The standard InChI is InChI=1S/C13H11N3O/c1-10(17)13-5-3-7-16(13)9-11-4-2-6-15-12(11)8-14/h2-7H,9H2,1H3. The molecular weight excluding hydrogens is 214 g/mol. The van der Waals surface area contributed by atoms with Crippen LogP contribution in [0.3, 0.4) is 0 Å². The van der Waals surface area contributed by atoms with Crippen LogP contribution >= 0.6 is 0 Å². The number of hydrogen-bond donors (Lipinski definition) is 0. The number of Topliss-reactive ketones (excluding diaryl/α,β-unsaturated/α-hetero) is 1. The summed E-state index contributed by atoms with van der Waals surface area (Å²) in [5.74, 6) is 0.0115. The van der Waals surface area contributed by atoms with Crippen molar-refractivity contribution in [3.05, 3.63) is 53.6 Å². The monoisotopic (exact) mass is 225 g/mol. The van der Waals surface area contributed by atoms with Gasteiger partial charge >= 0.3 is 0 Å². The molecule has 0 N–H and O–H groups in total. The van der Waals surface area contributed by atoms with E-state index in [1.54, 1.807) is 18.3 Å². The lowest BCUT2D eigenvalue weighted by Gasteiger charge is -2.07. The highest BCUT2D eigenvalue weighted by Gasteiger charge is 2.08. The largest absolute Gasteiger partial charge is 0.341 e. The number of rotatable bonds is 3. The highest BCUT2D eigenvalue weighted by Crippen LogP contribution is 2.10. The van der Waals surface area contributed by atoms with E-state index in [0.29, 0.717) is 17.9 Å². The Morgan fingerprint density at radius 1 is 1.47 bits per heavy atom. The lowest BCUT2D eigenvalue weighted by Crippen LogP contribution is -2.08. The molecule has 0 bridgehead atoms. The molecule has 2 aromatic rings. The lowest BCUT2D eigenvalue weighted by atomic mass is 10.2. The molecule has 0 atom stereocenters. The van der Waals surface area contributed by atoms with E-state index in [4.69, 9.17) is 5.26 Å². The molecule has 0 aliphatic carbocycles. The SMILES string of the molecule is CC(=O)c1cccn1Cc1cccnc1C#N. The lowest BCUT2D eigenvalue weighted by molar-refractivity contribution is 0.100. The molecular formula is C13H11N3O. The second kappa shape index (κ2) is 4.62. The van der Waals surface area contributed by atoms with E-state index in [-0.39, 0.29) is 5.78 Å². The van der Waals surface area contributed by atoms with Gasteiger partial charge in [0.2, 0.25) is 0 Å². The van der Waals surface area contributed by atoms with Crippen LogP contribution < -0.4 is 0 Å². The van der Waals surface area contributed by atoms with Gasteiger partial charge in [0.05, 0.1) is 12.2 Å². The summed E-state index contributed by atoms with van der Waals surface area (Å²) in [6.45, 7) is 2.01. The third-order valence-electron chi connectivity index (χ3n) is 2.53. The predicted octanol–water partition coefficient (Wildman–Crippen LogP) is 2.01. The minimum Gasteiger partial charge on any atom is -0.341 e. The highest BCUT2D eigenvalue weighted by atomic mass is 16.1. The molecule has 84 valence electrons. The number of aromatic nitrogens is 2. The Hall–Kier alpha value is -2.41. The molecule has 0 radical (unpaired) electrons. The van der Waals surface area contributed by atoms with Gasteiger partial charge in [-0.3, -0.25) is 4.79 Å². The summed E-state index contributed by atoms with van der Waals surface area (Å²) in [6, 6.07) is 9.26. The zero-order chi connectivity index (χ0) is 12.3. The molecule has 0 spiro atoms. The van der Waals surface area contributed by atoms with E-state index in [0.717, 1.165) is 5.56 Å². The van der Waals surface area contributed by atoms with Crippen molar-refractivity contribution in [3.63, 3.8) is 0 Å². The molecule has 0 aliphatic rings. The van der Waals surface area contributed by atoms with Crippen molar-refractivity contribution in [2.24, 2.45) is 0 Å². The van der Waals surface area contributed by atoms with Gasteiger partial charge in [0.15, 0.2) is 5.78 Å². The molecule has 17 heavy (non-hydrogen) atoms. The minimum absolute atomic E-state index is 0.0115. The van der Waals surface area contributed by atoms with Gasteiger partial charge in [-0.15, -0.1) is 0 Å². The van der Waals surface area contributed by atoms with Crippen LogP contribution in [0.4, 0.5) is 0 Å². The van der Waals surface area contributed by atoms with Crippen LogP contribution in [-0.4, -0.2) is 15.3 Å². The normalized spacial score (nSPS) is 9.88. The van der Waals surface area contributed by atoms with Crippen molar-refractivity contribution in [1.29, 1.82) is 5.26 Å². The Labute approximate surface area is 99.1 Å². The summed E-state index contributed by atoms with van der Waals surface area (Å²) in [4.78, 5) is 15.4. The van der Waals surface area contributed by atoms with Gasteiger partial charge < -0.3 is 4.57 Å². The molecule has 0 amide bonds. The molecule has 0 saturated heterocycles. The van der Waals surface area contributed by atoms with E-state index < -0.39 is 0 Å².